The molecule has 0 saturated heterocycles. The highest BCUT2D eigenvalue weighted by atomic mass is 16.5. The fourth-order valence-corrected chi connectivity index (χ4v) is 2.62. The third-order valence-corrected chi connectivity index (χ3v) is 3.77. The average molecular weight is 337 g/mol. The quantitative estimate of drug-likeness (QED) is 0.551. The molecule has 2 heterocycles. The Labute approximate surface area is 145 Å². The molecule has 1 unspecified atom stereocenters. The van der Waals surface area contributed by atoms with E-state index in [4.69, 9.17) is 10.5 Å². The molecule has 1 aromatic carbocycles. The van der Waals surface area contributed by atoms with Crippen molar-refractivity contribution >= 4 is 17.7 Å². The Balaban J connectivity index is 2.13. The lowest BCUT2D eigenvalue weighted by Gasteiger charge is -2.12. The molecule has 6 heteroatoms. The van der Waals surface area contributed by atoms with E-state index in [2.05, 4.69) is 4.98 Å². The molecule has 3 rings (SSSR count). The van der Waals surface area contributed by atoms with Crippen LogP contribution in [0.3, 0.4) is 0 Å². The number of aromatic nitrogens is 2. The molecule has 3 aromatic rings. The van der Waals surface area contributed by atoms with Gasteiger partial charge in [0.05, 0.1) is 18.0 Å². The third-order valence-electron chi connectivity index (χ3n) is 3.77. The number of carbonyl (C=O) groups is 1. The summed E-state index contributed by atoms with van der Waals surface area (Å²) in [6.45, 7) is 1.94. The Hall–Kier alpha value is -3.12. The van der Waals surface area contributed by atoms with Gasteiger partial charge in [0.1, 0.15) is 17.4 Å². The van der Waals surface area contributed by atoms with Crippen LogP contribution in [0.25, 0.3) is 11.7 Å². The van der Waals surface area contributed by atoms with Crippen LogP contribution in [0.5, 0.6) is 0 Å². The van der Waals surface area contributed by atoms with Crippen molar-refractivity contribution in [2.45, 2.75) is 13.0 Å². The van der Waals surface area contributed by atoms with E-state index in [9.17, 15) is 9.90 Å². The summed E-state index contributed by atoms with van der Waals surface area (Å²) >= 11 is 0. The van der Waals surface area contributed by atoms with Gasteiger partial charge in [-0.05, 0) is 30.7 Å². The number of ether oxygens (including phenoxy) is 1. The van der Waals surface area contributed by atoms with Gasteiger partial charge in [-0.25, -0.2) is 9.78 Å². The molecule has 2 aromatic heterocycles. The topological polar surface area (TPSA) is 89.9 Å². The minimum atomic E-state index is -0.917. The lowest BCUT2D eigenvalue weighted by atomic mass is 10.0. The number of nitrogens with two attached hydrogens (primary N) is 1. The molecule has 0 fully saturated rings. The largest absolute Gasteiger partial charge is 0.461 e. The van der Waals surface area contributed by atoms with Crippen LogP contribution in [0, 0.1) is 0 Å². The summed E-state index contributed by atoms with van der Waals surface area (Å²) in [5.74, 6) is -0.611. The van der Waals surface area contributed by atoms with Crippen LogP contribution < -0.4 is 5.73 Å². The first kappa shape index (κ1) is 16.7. The van der Waals surface area contributed by atoms with Crippen LogP contribution in [0.1, 0.15) is 30.0 Å². The molecule has 0 aliphatic carbocycles. The van der Waals surface area contributed by atoms with Crippen molar-refractivity contribution in [2.24, 2.45) is 5.73 Å². The molecule has 0 radical (unpaired) electrons. The molecule has 25 heavy (non-hydrogen) atoms. The van der Waals surface area contributed by atoms with Crippen molar-refractivity contribution in [1.82, 2.24) is 9.38 Å². The van der Waals surface area contributed by atoms with Crippen LogP contribution in [0.15, 0.2) is 60.4 Å². The number of carbonyl (C=O) groups excluding carboxylic acids is 1. The number of hydrogen-bond donors (Lipinski definition) is 2. The van der Waals surface area contributed by atoms with Gasteiger partial charge in [-0.3, -0.25) is 0 Å². The maximum atomic E-state index is 11.8. The maximum absolute atomic E-state index is 11.8. The number of rotatable bonds is 5. The fraction of sp³-hybridized carbons (Fsp3) is 0.158. The van der Waals surface area contributed by atoms with Gasteiger partial charge < -0.3 is 20.0 Å². The van der Waals surface area contributed by atoms with Gasteiger partial charge in [-0.15, -0.1) is 0 Å². The highest BCUT2D eigenvalue weighted by molar-refractivity contribution is 5.92. The summed E-state index contributed by atoms with van der Waals surface area (Å²) in [4.78, 5) is 16.3. The Kier molecular flexibility index (Phi) is 4.81. The van der Waals surface area contributed by atoms with Crippen molar-refractivity contribution in [3.8, 4) is 0 Å². The van der Waals surface area contributed by atoms with Crippen molar-refractivity contribution in [3.63, 3.8) is 0 Å². The van der Waals surface area contributed by atoms with Gasteiger partial charge in [-0.1, -0.05) is 36.4 Å². The van der Waals surface area contributed by atoms with Crippen molar-refractivity contribution in [3.05, 3.63) is 77.4 Å². The van der Waals surface area contributed by atoms with Crippen LogP contribution in [0.2, 0.25) is 0 Å². The number of pyridine rings is 1. The number of imidazole rings is 1. The van der Waals surface area contributed by atoms with Gasteiger partial charge in [0.15, 0.2) is 0 Å². The molecule has 128 valence electrons. The van der Waals surface area contributed by atoms with Gasteiger partial charge in [0, 0.05) is 6.20 Å². The molecule has 0 aliphatic rings. The first-order valence-corrected chi connectivity index (χ1v) is 7.96. The van der Waals surface area contributed by atoms with E-state index in [1.54, 1.807) is 11.3 Å². The van der Waals surface area contributed by atoms with Crippen LogP contribution in [0.4, 0.5) is 0 Å². The normalized spacial score (nSPS) is 13.0. The van der Waals surface area contributed by atoms with E-state index in [0.29, 0.717) is 17.0 Å². The number of benzene rings is 1. The highest BCUT2D eigenvalue weighted by Crippen LogP contribution is 2.27. The van der Waals surface area contributed by atoms with Crippen LogP contribution in [-0.4, -0.2) is 27.1 Å². The standard InChI is InChI=1S/C19H19N3O3/c1-2-25-19(24)14(20)12-15-17(18(23)13-8-4-3-5-9-13)22-11-7-6-10-16(22)21-15/h3-12,18,23H,2,20H2,1H3/b14-12-. The first-order valence-electron chi connectivity index (χ1n) is 7.96. The van der Waals surface area contributed by atoms with E-state index in [1.165, 1.54) is 6.08 Å². The van der Waals surface area contributed by atoms with Crippen molar-refractivity contribution in [1.29, 1.82) is 0 Å². The van der Waals surface area contributed by atoms with E-state index in [-0.39, 0.29) is 12.3 Å². The minimum Gasteiger partial charge on any atom is -0.461 e. The monoisotopic (exact) mass is 337 g/mol. The number of nitrogens with zero attached hydrogens (tertiary/aromatic N) is 2. The zero-order chi connectivity index (χ0) is 17.8. The highest BCUT2D eigenvalue weighted by Gasteiger charge is 2.21. The summed E-state index contributed by atoms with van der Waals surface area (Å²) < 4.78 is 6.69. The molecule has 1 atom stereocenters. The summed E-state index contributed by atoms with van der Waals surface area (Å²) in [5, 5.41) is 10.9. The van der Waals surface area contributed by atoms with E-state index < -0.39 is 12.1 Å². The third kappa shape index (κ3) is 3.39. The summed E-state index contributed by atoms with van der Waals surface area (Å²) in [7, 11) is 0. The molecule has 0 amide bonds. The number of fused-ring (bicyclic) bond motifs is 1. The van der Waals surface area contributed by atoms with E-state index in [0.717, 1.165) is 5.56 Å². The SMILES string of the molecule is CCOC(=O)/C(N)=C/c1nc2ccccn2c1C(O)c1ccccc1. The van der Waals surface area contributed by atoms with Gasteiger partial charge in [0.2, 0.25) is 0 Å². The zero-order valence-electron chi connectivity index (χ0n) is 13.8. The Bertz CT molecular complexity index is 916. The Morgan fingerprint density at radius 2 is 2.00 bits per heavy atom. The number of hydrogen-bond acceptors (Lipinski definition) is 5. The molecule has 0 saturated carbocycles. The maximum Gasteiger partial charge on any atom is 0.354 e. The number of esters is 1. The Morgan fingerprint density at radius 3 is 2.72 bits per heavy atom. The second kappa shape index (κ2) is 7.19. The average Bonchev–Trinajstić information content (AvgIpc) is 2.99. The fourth-order valence-electron chi connectivity index (χ4n) is 2.62. The second-order valence-corrected chi connectivity index (χ2v) is 5.44. The van der Waals surface area contributed by atoms with E-state index in [1.807, 2.05) is 54.7 Å². The molecule has 6 nitrogen and oxygen atoms in total. The van der Waals surface area contributed by atoms with Gasteiger partial charge in [-0.2, -0.15) is 0 Å². The van der Waals surface area contributed by atoms with E-state index >= 15 is 0 Å². The van der Waals surface area contributed by atoms with Crippen LogP contribution >= 0.6 is 0 Å². The van der Waals surface area contributed by atoms with Crippen molar-refractivity contribution < 1.29 is 14.6 Å². The second-order valence-electron chi connectivity index (χ2n) is 5.44. The first-order chi connectivity index (χ1) is 12.1. The predicted molar refractivity (Wildman–Crippen MR) is 94.5 cm³/mol. The lowest BCUT2D eigenvalue weighted by molar-refractivity contribution is -0.138. The summed E-state index contributed by atoms with van der Waals surface area (Å²) in [6.07, 6.45) is 2.33. The van der Waals surface area contributed by atoms with Gasteiger partial charge in [0.25, 0.3) is 0 Å². The zero-order valence-corrected chi connectivity index (χ0v) is 13.8. The molecule has 3 N–H and O–H groups in total. The number of aliphatic hydroxyl groups is 1. The summed E-state index contributed by atoms with van der Waals surface area (Å²) in [6, 6.07) is 14.8. The predicted octanol–water partition coefficient (Wildman–Crippen LogP) is 2.28. The molecular formula is C19H19N3O3. The molecule has 0 spiro atoms. The van der Waals surface area contributed by atoms with Crippen LogP contribution in [-0.2, 0) is 9.53 Å². The smallest absolute Gasteiger partial charge is 0.354 e. The summed E-state index contributed by atoms with van der Waals surface area (Å²) in [5.41, 5.74) is 8.09. The minimum absolute atomic E-state index is 0.0632. The molecular weight excluding hydrogens is 318 g/mol. The molecule has 0 aliphatic heterocycles. The Morgan fingerprint density at radius 1 is 1.28 bits per heavy atom. The van der Waals surface area contributed by atoms with Crippen molar-refractivity contribution in [2.75, 3.05) is 6.61 Å². The molecule has 0 bridgehead atoms. The van der Waals surface area contributed by atoms with Gasteiger partial charge >= 0.3 is 5.97 Å². The number of aliphatic hydroxyl groups excluding tert-OH is 1. The lowest BCUT2D eigenvalue weighted by Crippen LogP contribution is -2.15.